The van der Waals surface area contributed by atoms with Crippen LogP contribution in [0.15, 0.2) is 16.7 Å². The van der Waals surface area contributed by atoms with E-state index in [2.05, 4.69) is 35.1 Å². The van der Waals surface area contributed by atoms with Gasteiger partial charge in [0, 0.05) is 29.8 Å². The Hall–Kier alpha value is -0.520. The summed E-state index contributed by atoms with van der Waals surface area (Å²) in [5.74, 6) is 0.734. The van der Waals surface area contributed by atoms with Crippen LogP contribution in [0.3, 0.4) is 0 Å². The van der Waals surface area contributed by atoms with Gasteiger partial charge in [0.1, 0.15) is 5.69 Å². The smallest absolute Gasteiger partial charge is 0.270 e. The molecular formula is C14H23BrClN3O. The Morgan fingerprint density at radius 2 is 2.25 bits per heavy atom. The van der Waals surface area contributed by atoms with Crippen LogP contribution in [0, 0.1) is 5.92 Å². The van der Waals surface area contributed by atoms with Crippen molar-refractivity contribution < 1.29 is 4.79 Å². The number of nitrogens with one attached hydrogen (secondary N) is 1. The van der Waals surface area contributed by atoms with Crippen LogP contribution in [0.4, 0.5) is 0 Å². The number of halogens is 2. The number of hydrogen-bond acceptors (Lipinski definition) is 2. The molecule has 0 radical (unpaired) electrons. The molecule has 1 aliphatic rings. The second kappa shape index (κ2) is 7.48. The first kappa shape index (κ1) is 17.5. The van der Waals surface area contributed by atoms with Crippen LogP contribution in [0.2, 0.25) is 0 Å². The van der Waals surface area contributed by atoms with Gasteiger partial charge in [-0.2, -0.15) is 0 Å². The minimum atomic E-state index is 0. The average molecular weight is 365 g/mol. The van der Waals surface area contributed by atoms with Crippen molar-refractivity contribution in [3.63, 3.8) is 0 Å². The van der Waals surface area contributed by atoms with Crippen molar-refractivity contribution in [2.45, 2.75) is 26.3 Å². The van der Waals surface area contributed by atoms with E-state index >= 15 is 0 Å². The molecule has 1 fully saturated rings. The molecule has 0 aliphatic carbocycles. The summed E-state index contributed by atoms with van der Waals surface area (Å²) < 4.78 is 3.01. The standard InChI is InChI=1S/C14H22BrN3O.ClH/c1-10(2)18-9-12(15)6-13(18)14(19)17-5-4-11(8-17)7-16-3;/h6,9-11,16H,4-5,7-8H2,1-3H3;1H. The summed E-state index contributed by atoms with van der Waals surface area (Å²) in [6.07, 6.45) is 3.08. The van der Waals surface area contributed by atoms with E-state index in [0.29, 0.717) is 12.0 Å². The van der Waals surface area contributed by atoms with Gasteiger partial charge in [-0.25, -0.2) is 0 Å². The van der Waals surface area contributed by atoms with Gasteiger partial charge >= 0.3 is 0 Å². The zero-order valence-corrected chi connectivity index (χ0v) is 14.6. The van der Waals surface area contributed by atoms with Crippen LogP contribution in [0.25, 0.3) is 0 Å². The monoisotopic (exact) mass is 363 g/mol. The van der Waals surface area contributed by atoms with Crippen molar-refractivity contribution in [1.29, 1.82) is 0 Å². The molecule has 0 aromatic carbocycles. The highest BCUT2D eigenvalue weighted by molar-refractivity contribution is 9.10. The van der Waals surface area contributed by atoms with E-state index in [1.165, 1.54) is 0 Å². The first-order valence-corrected chi connectivity index (χ1v) is 7.63. The first-order valence-electron chi connectivity index (χ1n) is 6.84. The Labute approximate surface area is 135 Å². The van der Waals surface area contributed by atoms with Gasteiger partial charge in [0.25, 0.3) is 5.91 Å². The molecule has 0 spiro atoms. The largest absolute Gasteiger partial charge is 0.340 e. The maximum absolute atomic E-state index is 12.6. The highest BCUT2D eigenvalue weighted by atomic mass is 79.9. The summed E-state index contributed by atoms with van der Waals surface area (Å²) in [7, 11) is 1.96. The van der Waals surface area contributed by atoms with Gasteiger partial charge < -0.3 is 14.8 Å². The van der Waals surface area contributed by atoms with E-state index in [1.807, 2.05) is 28.8 Å². The lowest BCUT2D eigenvalue weighted by atomic mass is 10.1. The Morgan fingerprint density at radius 3 is 2.85 bits per heavy atom. The minimum absolute atomic E-state index is 0. The Kier molecular flexibility index (Phi) is 6.55. The molecule has 1 saturated heterocycles. The highest BCUT2D eigenvalue weighted by Gasteiger charge is 2.28. The van der Waals surface area contributed by atoms with Crippen LogP contribution in [0.1, 0.15) is 36.8 Å². The van der Waals surface area contributed by atoms with Crippen LogP contribution < -0.4 is 5.32 Å². The van der Waals surface area contributed by atoms with Crippen molar-refractivity contribution in [2.75, 3.05) is 26.7 Å². The number of hydrogen-bond donors (Lipinski definition) is 1. The first-order chi connectivity index (χ1) is 9.02. The van der Waals surface area contributed by atoms with Crippen molar-refractivity contribution in [1.82, 2.24) is 14.8 Å². The van der Waals surface area contributed by atoms with E-state index in [1.54, 1.807) is 0 Å². The van der Waals surface area contributed by atoms with E-state index in [4.69, 9.17) is 0 Å². The molecule has 2 heterocycles. The third-order valence-corrected chi connectivity index (χ3v) is 4.09. The van der Waals surface area contributed by atoms with Crippen molar-refractivity contribution in [2.24, 2.45) is 5.92 Å². The molecule has 1 amide bonds. The minimum Gasteiger partial charge on any atom is -0.340 e. The summed E-state index contributed by atoms with van der Waals surface area (Å²) in [5.41, 5.74) is 0.784. The topological polar surface area (TPSA) is 37.3 Å². The number of carbonyl (C=O) groups is 1. The highest BCUT2D eigenvalue weighted by Crippen LogP contribution is 2.23. The molecule has 1 aromatic rings. The molecule has 1 atom stereocenters. The maximum atomic E-state index is 12.6. The molecule has 114 valence electrons. The predicted molar refractivity (Wildman–Crippen MR) is 87.7 cm³/mol. The zero-order chi connectivity index (χ0) is 14.0. The van der Waals surface area contributed by atoms with Crippen molar-refractivity contribution in [3.05, 3.63) is 22.4 Å². The number of carbonyl (C=O) groups excluding carboxylic acids is 1. The van der Waals surface area contributed by atoms with Gasteiger partial charge in [-0.1, -0.05) is 0 Å². The lowest BCUT2D eigenvalue weighted by Crippen LogP contribution is -2.32. The van der Waals surface area contributed by atoms with Gasteiger partial charge in [-0.3, -0.25) is 4.79 Å². The van der Waals surface area contributed by atoms with Crippen molar-refractivity contribution in [3.8, 4) is 0 Å². The van der Waals surface area contributed by atoms with Crippen LogP contribution in [-0.2, 0) is 0 Å². The van der Waals surface area contributed by atoms with Crippen LogP contribution in [0.5, 0.6) is 0 Å². The summed E-state index contributed by atoms with van der Waals surface area (Å²) in [6.45, 7) is 6.90. The van der Waals surface area contributed by atoms with Gasteiger partial charge in [0.05, 0.1) is 0 Å². The molecule has 0 bridgehead atoms. The number of aromatic nitrogens is 1. The number of amides is 1. The van der Waals surface area contributed by atoms with Crippen LogP contribution in [-0.4, -0.2) is 42.1 Å². The van der Waals surface area contributed by atoms with Gasteiger partial charge in [-0.05, 0) is 61.8 Å². The van der Waals surface area contributed by atoms with E-state index in [9.17, 15) is 4.79 Å². The summed E-state index contributed by atoms with van der Waals surface area (Å²) in [5, 5.41) is 3.19. The quantitative estimate of drug-likeness (QED) is 0.892. The molecule has 2 rings (SSSR count). The van der Waals surface area contributed by atoms with E-state index in [0.717, 1.165) is 36.2 Å². The maximum Gasteiger partial charge on any atom is 0.270 e. The van der Waals surface area contributed by atoms with E-state index < -0.39 is 0 Å². The van der Waals surface area contributed by atoms with Crippen LogP contribution >= 0.6 is 28.3 Å². The summed E-state index contributed by atoms with van der Waals surface area (Å²) >= 11 is 3.46. The number of likely N-dealkylation sites (tertiary alicyclic amines) is 1. The fraction of sp³-hybridized carbons (Fsp3) is 0.643. The normalized spacial score (nSPS) is 18.4. The molecule has 1 unspecified atom stereocenters. The Bertz CT molecular complexity index is 461. The van der Waals surface area contributed by atoms with Gasteiger partial charge in [0.15, 0.2) is 0 Å². The third kappa shape index (κ3) is 3.77. The molecule has 4 nitrogen and oxygen atoms in total. The predicted octanol–water partition coefficient (Wildman–Crippen LogP) is 2.93. The average Bonchev–Trinajstić information content (AvgIpc) is 2.95. The fourth-order valence-corrected chi connectivity index (χ4v) is 3.12. The van der Waals surface area contributed by atoms with Crippen molar-refractivity contribution >= 4 is 34.2 Å². The Morgan fingerprint density at radius 1 is 1.55 bits per heavy atom. The molecule has 6 heteroatoms. The zero-order valence-electron chi connectivity index (χ0n) is 12.2. The molecule has 1 N–H and O–H groups in total. The SMILES string of the molecule is CNCC1CCN(C(=O)c2cc(Br)cn2C(C)C)C1.Cl. The molecule has 1 aliphatic heterocycles. The number of rotatable bonds is 4. The fourth-order valence-electron chi connectivity index (χ4n) is 2.68. The summed E-state index contributed by atoms with van der Waals surface area (Å²) in [6, 6.07) is 2.22. The number of nitrogens with zero attached hydrogens (tertiary/aromatic N) is 2. The van der Waals surface area contributed by atoms with E-state index in [-0.39, 0.29) is 18.3 Å². The Balaban J connectivity index is 0.00000200. The second-order valence-corrected chi connectivity index (χ2v) is 6.42. The van der Waals surface area contributed by atoms with Gasteiger partial charge in [0.2, 0.25) is 0 Å². The summed E-state index contributed by atoms with van der Waals surface area (Å²) in [4.78, 5) is 14.6. The lowest BCUT2D eigenvalue weighted by molar-refractivity contribution is 0.0775. The molecular weight excluding hydrogens is 342 g/mol. The third-order valence-electron chi connectivity index (χ3n) is 3.66. The second-order valence-electron chi connectivity index (χ2n) is 5.51. The van der Waals surface area contributed by atoms with Gasteiger partial charge in [-0.15, -0.1) is 12.4 Å². The molecule has 0 saturated carbocycles. The lowest BCUT2D eigenvalue weighted by Gasteiger charge is -2.19. The molecule has 20 heavy (non-hydrogen) atoms. The molecule has 1 aromatic heterocycles.